The second-order valence-corrected chi connectivity index (χ2v) is 4.60. The van der Waals surface area contributed by atoms with Gasteiger partial charge in [-0.05, 0) is 6.54 Å². The average molecular weight is 207 g/mol. The van der Waals surface area contributed by atoms with Crippen LogP contribution < -0.4 is 0 Å². The van der Waals surface area contributed by atoms with Crippen LogP contribution in [0.5, 0.6) is 0 Å². The number of hydrogen-bond donors (Lipinski definition) is 0. The molecular weight excluding hydrogens is 194 g/mol. The van der Waals surface area contributed by atoms with E-state index in [0.29, 0.717) is 6.42 Å². The third-order valence-corrected chi connectivity index (χ3v) is 3.61. The molecule has 0 atom stereocenters. The van der Waals surface area contributed by atoms with Crippen LogP contribution in [0.2, 0.25) is 0 Å². The Morgan fingerprint density at radius 3 is 3.21 bits per heavy atom. The molecule has 3 nitrogen and oxygen atoms in total. The zero-order valence-corrected chi connectivity index (χ0v) is 9.10. The molecule has 0 radical (unpaired) electrons. The summed E-state index contributed by atoms with van der Waals surface area (Å²) in [5.41, 5.74) is 1.23. The molecule has 2 heterocycles. The molecule has 1 aliphatic heterocycles. The summed E-state index contributed by atoms with van der Waals surface area (Å²) in [4.78, 5) is 8.26. The zero-order valence-electron chi connectivity index (χ0n) is 8.29. The van der Waals surface area contributed by atoms with E-state index >= 15 is 0 Å². The Morgan fingerprint density at radius 2 is 2.50 bits per heavy atom. The van der Waals surface area contributed by atoms with Gasteiger partial charge in [0.1, 0.15) is 5.01 Å². The number of fused-ring (bicyclic) bond motifs is 1. The summed E-state index contributed by atoms with van der Waals surface area (Å²) in [6.45, 7) is 5.42. The molecule has 0 saturated heterocycles. The van der Waals surface area contributed by atoms with Crippen LogP contribution in [0.25, 0.3) is 0 Å². The second kappa shape index (κ2) is 4.07. The lowest BCUT2D eigenvalue weighted by atomic mass is 10.2. The first kappa shape index (κ1) is 9.63. The van der Waals surface area contributed by atoms with Crippen molar-refractivity contribution < 1.29 is 0 Å². The lowest BCUT2D eigenvalue weighted by Crippen LogP contribution is -2.29. The van der Waals surface area contributed by atoms with Crippen LogP contribution in [0, 0.1) is 11.3 Å². The number of nitriles is 1. The zero-order chi connectivity index (χ0) is 9.97. The minimum absolute atomic E-state index is 0.462. The molecule has 0 aliphatic carbocycles. The fourth-order valence-electron chi connectivity index (χ4n) is 1.71. The van der Waals surface area contributed by atoms with Gasteiger partial charge in [-0.2, -0.15) is 5.26 Å². The van der Waals surface area contributed by atoms with Gasteiger partial charge in [-0.3, -0.25) is 4.90 Å². The summed E-state index contributed by atoms with van der Waals surface area (Å²) in [5, 5.41) is 9.57. The number of aromatic nitrogens is 1. The lowest BCUT2D eigenvalue weighted by molar-refractivity contribution is 0.269. The fourth-order valence-corrected chi connectivity index (χ4v) is 2.80. The van der Waals surface area contributed by atoms with Crippen molar-refractivity contribution >= 4 is 11.3 Å². The summed E-state index contributed by atoms with van der Waals surface area (Å²) in [6.07, 6.45) is 1.51. The summed E-state index contributed by atoms with van der Waals surface area (Å²) in [6, 6.07) is 2.15. The smallest absolute Gasteiger partial charge is 0.107 e. The predicted molar refractivity (Wildman–Crippen MR) is 56.1 cm³/mol. The van der Waals surface area contributed by atoms with Gasteiger partial charge in [0, 0.05) is 24.4 Å². The molecule has 1 aliphatic rings. The second-order valence-electron chi connectivity index (χ2n) is 3.43. The summed E-state index contributed by atoms with van der Waals surface area (Å²) in [7, 11) is 0. The quantitative estimate of drug-likeness (QED) is 0.739. The standard InChI is InChI=1S/C10H13N3S/c1-2-13-6-4-8-9(7-13)14-10(12-8)3-5-11/h2-4,6-7H2,1H3. The van der Waals surface area contributed by atoms with E-state index in [1.165, 1.54) is 10.6 Å². The van der Waals surface area contributed by atoms with E-state index in [1.807, 2.05) is 0 Å². The molecule has 0 spiro atoms. The van der Waals surface area contributed by atoms with Gasteiger partial charge in [0.15, 0.2) is 0 Å². The topological polar surface area (TPSA) is 39.9 Å². The highest BCUT2D eigenvalue weighted by Gasteiger charge is 2.19. The van der Waals surface area contributed by atoms with Crippen LogP contribution in [0.15, 0.2) is 0 Å². The number of rotatable bonds is 2. The Bertz CT molecular complexity index is 364. The number of nitrogens with zero attached hydrogens (tertiary/aromatic N) is 3. The van der Waals surface area contributed by atoms with Gasteiger partial charge in [0.05, 0.1) is 18.2 Å². The number of thiazole rings is 1. The van der Waals surface area contributed by atoms with E-state index in [0.717, 1.165) is 31.1 Å². The van der Waals surface area contributed by atoms with Crippen molar-refractivity contribution in [2.24, 2.45) is 0 Å². The van der Waals surface area contributed by atoms with Gasteiger partial charge in [0.2, 0.25) is 0 Å². The molecule has 0 unspecified atom stereocenters. The van der Waals surface area contributed by atoms with Crippen LogP contribution in [0.3, 0.4) is 0 Å². The van der Waals surface area contributed by atoms with Crippen molar-refractivity contribution in [3.8, 4) is 6.07 Å². The van der Waals surface area contributed by atoms with Gasteiger partial charge in [-0.15, -0.1) is 11.3 Å². The maximum absolute atomic E-state index is 8.59. The molecule has 0 bridgehead atoms. The Balaban J connectivity index is 2.17. The van der Waals surface area contributed by atoms with Gasteiger partial charge in [-0.1, -0.05) is 6.92 Å². The van der Waals surface area contributed by atoms with E-state index < -0.39 is 0 Å². The summed E-state index contributed by atoms with van der Waals surface area (Å²) >= 11 is 1.70. The van der Waals surface area contributed by atoms with E-state index in [2.05, 4.69) is 22.9 Å². The van der Waals surface area contributed by atoms with Crippen LogP contribution >= 0.6 is 11.3 Å². The monoisotopic (exact) mass is 207 g/mol. The van der Waals surface area contributed by atoms with Crippen LogP contribution in [0.1, 0.15) is 22.5 Å². The Kier molecular flexibility index (Phi) is 2.80. The van der Waals surface area contributed by atoms with E-state index in [1.54, 1.807) is 11.3 Å². The molecule has 1 aromatic heterocycles. The molecule has 0 N–H and O–H groups in total. The van der Waals surface area contributed by atoms with Crippen LogP contribution in [-0.4, -0.2) is 23.0 Å². The van der Waals surface area contributed by atoms with Gasteiger partial charge >= 0.3 is 0 Å². The Morgan fingerprint density at radius 1 is 1.64 bits per heavy atom. The maximum Gasteiger partial charge on any atom is 0.107 e. The maximum atomic E-state index is 8.59. The highest BCUT2D eigenvalue weighted by molar-refractivity contribution is 7.11. The first-order valence-corrected chi connectivity index (χ1v) is 5.72. The third-order valence-electron chi connectivity index (χ3n) is 2.53. The fraction of sp³-hybridized carbons (Fsp3) is 0.600. The third kappa shape index (κ3) is 1.79. The normalized spacial score (nSPS) is 16.3. The number of likely N-dealkylation sites (N-methyl/N-ethyl adjacent to an activating group) is 1. The lowest BCUT2D eigenvalue weighted by Gasteiger charge is -2.23. The van der Waals surface area contributed by atoms with E-state index in [-0.39, 0.29) is 0 Å². The molecule has 2 rings (SSSR count). The van der Waals surface area contributed by atoms with Crippen molar-refractivity contribution in [2.45, 2.75) is 26.3 Å². The van der Waals surface area contributed by atoms with E-state index in [9.17, 15) is 0 Å². The summed E-state index contributed by atoms with van der Waals surface area (Å²) < 4.78 is 0. The molecule has 4 heteroatoms. The minimum Gasteiger partial charge on any atom is -0.298 e. The van der Waals surface area contributed by atoms with Gasteiger partial charge < -0.3 is 0 Å². The molecule has 0 saturated carbocycles. The molecular formula is C10H13N3S. The van der Waals surface area contributed by atoms with Gasteiger partial charge in [0.25, 0.3) is 0 Å². The Labute approximate surface area is 88.0 Å². The average Bonchev–Trinajstić information content (AvgIpc) is 2.59. The van der Waals surface area contributed by atoms with Crippen LogP contribution in [0.4, 0.5) is 0 Å². The SMILES string of the molecule is CCN1CCc2nc(CC#N)sc2C1. The van der Waals surface area contributed by atoms with Gasteiger partial charge in [-0.25, -0.2) is 4.98 Å². The van der Waals surface area contributed by atoms with Crippen molar-refractivity contribution in [3.63, 3.8) is 0 Å². The minimum atomic E-state index is 0.462. The van der Waals surface area contributed by atoms with Crippen molar-refractivity contribution in [2.75, 3.05) is 13.1 Å². The molecule has 0 fully saturated rings. The van der Waals surface area contributed by atoms with Crippen molar-refractivity contribution in [1.82, 2.24) is 9.88 Å². The Hall–Kier alpha value is -0.920. The van der Waals surface area contributed by atoms with Crippen molar-refractivity contribution in [3.05, 3.63) is 15.6 Å². The molecule has 1 aromatic rings. The molecule has 74 valence electrons. The van der Waals surface area contributed by atoms with E-state index in [4.69, 9.17) is 5.26 Å². The highest BCUT2D eigenvalue weighted by atomic mass is 32.1. The molecule has 0 amide bonds. The number of hydrogen-bond acceptors (Lipinski definition) is 4. The van der Waals surface area contributed by atoms with Crippen molar-refractivity contribution in [1.29, 1.82) is 5.26 Å². The summed E-state index contributed by atoms with van der Waals surface area (Å²) in [5.74, 6) is 0. The molecule has 0 aromatic carbocycles. The molecule has 14 heavy (non-hydrogen) atoms. The first-order chi connectivity index (χ1) is 6.83. The largest absolute Gasteiger partial charge is 0.298 e. The van der Waals surface area contributed by atoms with Crippen LogP contribution in [-0.2, 0) is 19.4 Å². The predicted octanol–water partition coefficient (Wildman–Crippen LogP) is 1.59. The first-order valence-electron chi connectivity index (χ1n) is 4.90. The highest BCUT2D eigenvalue weighted by Crippen LogP contribution is 2.24.